The summed E-state index contributed by atoms with van der Waals surface area (Å²) < 4.78 is 31.5. The molecular weight excluding hydrogens is 304 g/mol. The molecule has 7 nitrogen and oxygen atoms in total. The van der Waals surface area contributed by atoms with E-state index in [2.05, 4.69) is 9.97 Å². The van der Waals surface area contributed by atoms with Gasteiger partial charge in [-0.3, -0.25) is 4.98 Å². The minimum absolute atomic E-state index is 0.165. The van der Waals surface area contributed by atoms with Crippen molar-refractivity contribution in [3.05, 3.63) is 48.4 Å². The maximum Gasteiger partial charge on any atom is 0.244 e. The number of ether oxygens (including phenoxy) is 1. The van der Waals surface area contributed by atoms with E-state index in [1.54, 1.807) is 12.1 Å². The van der Waals surface area contributed by atoms with Crippen LogP contribution in [0.5, 0.6) is 5.88 Å². The first-order valence-electron chi connectivity index (χ1n) is 6.52. The second-order valence-electron chi connectivity index (χ2n) is 4.75. The van der Waals surface area contributed by atoms with Gasteiger partial charge in [0.25, 0.3) is 0 Å². The molecule has 0 unspecified atom stereocenters. The van der Waals surface area contributed by atoms with Crippen LogP contribution in [0.4, 0.5) is 0 Å². The van der Waals surface area contributed by atoms with Crippen molar-refractivity contribution in [1.82, 2.24) is 14.3 Å². The summed E-state index contributed by atoms with van der Waals surface area (Å²) in [5.41, 5.74) is 0.448. The van der Waals surface area contributed by atoms with E-state index in [1.807, 2.05) is 6.07 Å². The largest absolute Gasteiger partial charge is 0.471 e. The number of hydrogen-bond donors (Lipinski definition) is 0. The molecule has 112 valence electrons. The highest BCUT2D eigenvalue weighted by atomic mass is 32.2. The second kappa shape index (κ2) is 5.71. The van der Waals surface area contributed by atoms with Crippen LogP contribution in [-0.4, -0.2) is 41.9 Å². The molecule has 0 spiro atoms. The van der Waals surface area contributed by atoms with Crippen molar-refractivity contribution in [2.24, 2.45) is 0 Å². The second-order valence-corrected chi connectivity index (χ2v) is 6.68. The molecule has 0 aromatic carbocycles. The highest BCUT2D eigenvalue weighted by Gasteiger charge is 2.38. The highest BCUT2D eigenvalue weighted by Crippen LogP contribution is 2.23. The topological polar surface area (TPSA) is 96.2 Å². The zero-order valence-electron chi connectivity index (χ0n) is 11.5. The van der Waals surface area contributed by atoms with Crippen molar-refractivity contribution in [2.45, 2.75) is 11.0 Å². The van der Waals surface area contributed by atoms with Crippen molar-refractivity contribution in [3.63, 3.8) is 0 Å². The minimum atomic E-state index is -3.52. The monoisotopic (exact) mass is 316 g/mol. The van der Waals surface area contributed by atoms with Gasteiger partial charge in [-0.05, 0) is 18.2 Å². The Morgan fingerprint density at radius 2 is 2.14 bits per heavy atom. The Kier molecular flexibility index (Phi) is 3.75. The molecule has 3 heterocycles. The van der Waals surface area contributed by atoms with Gasteiger partial charge in [0.05, 0.1) is 24.7 Å². The molecule has 1 saturated heterocycles. The molecule has 0 N–H and O–H groups in total. The van der Waals surface area contributed by atoms with Gasteiger partial charge in [-0.15, -0.1) is 0 Å². The first-order valence-corrected chi connectivity index (χ1v) is 7.96. The maximum atomic E-state index is 12.3. The molecule has 0 saturated carbocycles. The lowest BCUT2D eigenvalue weighted by atomic mass is 10.2. The van der Waals surface area contributed by atoms with E-state index in [1.165, 1.54) is 35.0 Å². The van der Waals surface area contributed by atoms with Gasteiger partial charge in [0.2, 0.25) is 15.9 Å². The molecule has 1 aliphatic heterocycles. The fourth-order valence-electron chi connectivity index (χ4n) is 2.03. The molecule has 3 rings (SSSR count). The quantitative estimate of drug-likeness (QED) is 0.828. The number of sulfonamides is 1. The van der Waals surface area contributed by atoms with Crippen LogP contribution in [0.15, 0.2) is 47.8 Å². The predicted molar refractivity (Wildman–Crippen MR) is 76.4 cm³/mol. The Morgan fingerprint density at radius 3 is 2.82 bits per heavy atom. The van der Waals surface area contributed by atoms with E-state index in [0.717, 1.165) is 0 Å². The molecule has 0 radical (unpaired) electrons. The molecule has 22 heavy (non-hydrogen) atoms. The molecule has 0 bridgehead atoms. The first kappa shape index (κ1) is 14.4. The van der Waals surface area contributed by atoms with Crippen LogP contribution >= 0.6 is 0 Å². The van der Waals surface area contributed by atoms with Gasteiger partial charge in [-0.1, -0.05) is 0 Å². The third-order valence-electron chi connectivity index (χ3n) is 3.24. The average molecular weight is 316 g/mol. The third-order valence-corrected chi connectivity index (χ3v) is 5.05. The van der Waals surface area contributed by atoms with Gasteiger partial charge >= 0.3 is 0 Å². The molecule has 1 fully saturated rings. The summed E-state index contributed by atoms with van der Waals surface area (Å²) in [6, 6.07) is 8.19. The minimum Gasteiger partial charge on any atom is -0.471 e. The summed E-state index contributed by atoms with van der Waals surface area (Å²) in [5, 5.41) is 8.82. The number of aromatic nitrogens is 2. The van der Waals surface area contributed by atoms with E-state index in [-0.39, 0.29) is 24.1 Å². The van der Waals surface area contributed by atoms with E-state index in [4.69, 9.17) is 10.00 Å². The van der Waals surface area contributed by atoms with Crippen LogP contribution < -0.4 is 4.74 Å². The van der Waals surface area contributed by atoms with Crippen LogP contribution in [-0.2, 0) is 10.0 Å². The zero-order chi connectivity index (χ0) is 15.6. The van der Waals surface area contributed by atoms with Gasteiger partial charge in [-0.2, -0.15) is 9.57 Å². The molecule has 2 aromatic rings. The van der Waals surface area contributed by atoms with Crippen molar-refractivity contribution in [3.8, 4) is 11.9 Å². The number of nitriles is 1. The first-order chi connectivity index (χ1) is 10.6. The normalized spacial score (nSPS) is 15.8. The third kappa shape index (κ3) is 2.77. The van der Waals surface area contributed by atoms with Crippen molar-refractivity contribution >= 4 is 10.0 Å². The molecule has 0 amide bonds. The lowest BCUT2D eigenvalue weighted by Gasteiger charge is -2.37. The molecule has 8 heteroatoms. The van der Waals surface area contributed by atoms with Crippen molar-refractivity contribution < 1.29 is 13.2 Å². The van der Waals surface area contributed by atoms with E-state index in [0.29, 0.717) is 11.4 Å². The summed E-state index contributed by atoms with van der Waals surface area (Å²) >= 11 is 0. The van der Waals surface area contributed by atoms with Crippen molar-refractivity contribution in [1.29, 1.82) is 5.26 Å². The van der Waals surface area contributed by atoms with Crippen LogP contribution in [0.25, 0.3) is 0 Å². The van der Waals surface area contributed by atoms with Crippen LogP contribution in [0, 0.1) is 11.3 Å². The zero-order valence-corrected chi connectivity index (χ0v) is 12.3. The molecule has 2 aromatic heterocycles. The summed E-state index contributed by atoms with van der Waals surface area (Å²) in [6.45, 7) is 0.491. The van der Waals surface area contributed by atoms with E-state index >= 15 is 0 Å². The summed E-state index contributed by atoms with van der Waals surface area (Å²) in [5.74, 6) is 0.322. The van der Waals surface area contributed by atoms with Crippen LogP contribution in [0.1, 0.15) is 5.56 Å². The van der Waals surface area contributed by atoms with Gasteiger partial charge < -0.3 is 4.74 Å². The fourth-order valence-corrected chi connectivity index (χ4v) is 3.50. The highest BCUT2D eigenvalue weighted by molar-refractivity contribution is 7.89. The smallest absolute Gasteiger partial charge is 0.244 e. The van der Waals surface area contributed by atoms with E-state index in [9.17, 15) is 8.42 Å². The summed E-state index contributed by atoms with van der Waals surface area (Å²) in [6.07, 6.45) is 4.06. The Morgan fingerprint density at radius 1 is 1.32 bits per heavy atom. The summed E-state index contributed by atoms with van der Waals surface area (Å²) in [7, 11) is -3.52. The number of pyridine rings is 2. The van der Waals surface area contributed by atoms with E-state index < -0.39 is 10.0 Å². The Labute approximate surface area is 127 Å². The van der Waals surface area contributed by atoms with Gasteiger partial charge in [0, 0.05) is 24.7 Å². The van der Waals surface area contributed by atoms with Gasteiger partial charge in [0.1, 0.15) is 11.0 Å². The van der Waals surface area contributed by atoms with Gasteiger partial charge in [-0.25, -0.2) is 13.4 Å². The Balaban J connectivity index is 1.64. The number of rotatable bonds is 4. The Hall–Kier alpha value is -2.50. The lowest BCUT2D eigenvalue weighted by molar-refractivity contribution is 0.0720. The van der Waals surface area contributed by atoms with Crippen LogP contribution in [0.3, 0.4) is 0 Å². The summed E-state index contributed by atoms with van der Waals surface area (Å²) in [4.78, 5) is 7.99. The number of hydrogen-bond acceptors (Lipinski definition) is 6. The standard InChI is InChI=1S/C14H12N4O3S/c15-7-11-3-5-17-14(6-11)21-12-9-18(10-12)22(19,20)13-2-1-4-16-8-13/h1-6,8,12H,9-10H2. The average Bonchev–Trinajstić information content (AvgIpc) is 2.51. The molecule has 0 aliphatic carbocycles. The Bertz CT molecular complexity index is 811. The predicted octanol–water partition coefficient (Wildman–Crippen LogP) is 0.800. The number of nitrogens with zero attached hydrogens (tertiary/aromatic N) is 4. The van der Waals surface area contributed by atoms with Gasteiger partial charge in [0.15, 0.2) is 0 Å². The van der Waals surface area contributed by atoms with Crippen LogP contribution in [0.2, 0.25) is 0 Å². The fraction of sp³-hybridized carbons (Fsp3) is 0.214. The lowest BCUT2D eigenvalue weighted by Crippen LogP contribution is -2.56. The maximum absolute atomic E-state index is 12.3. The SMILES string of the molecule is N#Cc1ccnc(OC2CN(S(=O)(=O)c3cccnc3)C2)c1. The molecule has 1 aliphatic rings. The molecular formula is C14H12N4O3S. The van der Waals surface area contributed by atoms with Crippen molar-refractivity contribution in [2.75, 3.05) is 13.1 Å². The molecule has 0 atom stereocenters.